The highest BCUT2D eigenvalue weighted by molar-refractivity contribution is 7.11. The molecule has 1 aromatic heterocycles. The van der Waals surface area contributed by atoms with Gasteiger partial charge in [-0.1, -0.05) is 0 Å². The van der Waals surface area contributed by atoms with Gasteiger partial charge in [0.15, 0.2) is 5.60 Å². The van der Waals surface area contributed by atoms with Gasteiger partial charge in [-0.15, -0.1) is 11.3 Å². The number of likely N-dealkylation sites (tertiary alicyclic amines) is 1. The van der Waals surface area contributed by atoms with Crippen LogP contribution in [0.15, 0.2) is 12.1 Å². The first-order valence-corrected chi connectivity index (χ1v) is 6.55. The van der Waals surface area contributed by atoms with Crippen molar-refractivity contribution >= 4 is 17.3 Å². The van der Waals surface area contributed by atoms with Gasteiger partial charge in [0.05, 0.1) is 0 Å². The van der Waals surface area contributed by atoms with E-state index in [4.69, 9.17) is 5.11 Å². The van der Waals surface area contributed by atoms with E-state index in [1.54, 1.807) is 11.3 Å². The summed E-state index contributed by atoms with van der Waals surface area (Å²) >= 11 is 1.77. The maximum absolute atomic E-state index is 10.9. The summed E-state index contributed by atoms with van der Waals surface area (Å²) < 4.78 is 0. The molecule has 94 valence electrons. The summed E-state index contributed by atoms with van der Waals surface area (Å²) in [5.41, 5.74) is -1.51. The smallest absolute Gasteiger partial charge is 0.335 e. The van der Waals surface area contributed by atoms with Crippen LogP contribution in [-0.4, -0.2) is 39.8 Å². The predicted molar refractivity (Wildman–Crippen MR) is 66.2 cm³/mol. The standard InChI is InChI=1S/C12H17NO3S/c1-9-2-3-10(17-9)8-13-6-4-12(16,5-7-13)11(14)15/h2-3,16H,4-8H2,1H3,(H,14,15). The molecule has 0 aliphatic carbocycles. The first-order chi connectivity index (χ1) is 7.99. The van der Waals surface area contributed by atoms with E-state index in [1.807, 2.05) is 0 Å². The molecule has 1 fully saturated rings. The summed E-state index contributed by atoms with van der Waals surface area (Å²) in [5.74, 6) is -1.09. The number of carboxylic acids is 1. The van der Waals surface area contributed by atoms with Gasteiger partial charge in [0.25, 0.3) is 0 Å². The van der Waals surface area contributed by atoms with Crippen LogP contribution in [0.25, 0.3) is 0 Å². The quantitative estimate of drug-likeness (QED) is 0.858. The van der Waals surface area contributed by atoms with E-state index >= 15 is 0 Å². The topological polar surface area (TPSA) is 60.8 Å². The van der Waals surface area contributed by atoms with Gasteiger partial charge in [0.1, 0.15) is 0 Å². The molecule has 0 bridgehead atoms. The van der Waals surface area contributed by atoms with Gasteiger partial charge in [-0.25, -0.2) is 4.79 Å². The zero-order valence-corrected chi connectivity index (χ0v) is 10.7. The normalized spacial score (nSPS) is 20.4. The van der Waals surface area contributed by atoms with Crippen LogP contribution in [0.1, 0.15) is 22.6 Å². The summed E-state index contributed by atoms with van der Waals surface area (Å²) in [7, 11) is 0. The number of piperidine rings is 1. The Labute approximate surface area is 104 Å². The van der Waals surface area contributed by atoms with Gasteiger partial charge in [-0.3, -0.25) is 4.90 Å². The Kier molecular flexibility index (Phi) is 3.51. The zero-order valence-electron chi connectivity index (χ0n) is 9.85. The van der Waals surface area contributed by atoms with Crippen LogP contribution >= 0.6 is 11.3 Å². The molecule has 0 amide bonds. The first-order valence-electron chi connectivity index (χ1n) is 5.73. The van der Waals surface area contributed by atoms with Crippen molar-refractivity contribution in [1.29, 1.82) is 0 Å². The summed E-state index contributed by atoms with van der Waals surface area (Å²) in [5, 5.41) is 18.7. The van der Waals surface area contributed by atoms with Crippen LogP contribution in [-0.2, 0) is 11.3 Å². The third kappa shape index (κ3) is 2.86. The van der Waals surface area contributed by atoms with Crippen molar-refractivity contribution in [2.75, 3.05) is 13.1 Å². The fourth-order valence-electron chi connectivity index (χ4n) is 2.09. The average Bonchev–Trinajstić information content (AvgIpc) is 2.67. The van der Waals surface area contributed by atoms with Crippen molar-refractivity contribution < 1.29 is 15.0 Å². The molecular weight excluding hydrogens is 238 g/mol. The Bertz CT molecular complexity index is 408. The van der Waals surface area contributed by atoms with Crippen molar-refractivity contribution in [2.24, 2.45) is 0 Å². The van der Waals surface area contributed by atoms with Crippen molar-refractivity contribution in [3.63, 3.8) is 0 Å². The molecule has 2 rings (SSSR count). The minimum Gasteiger partial charge on any atom is -0.479 e. The largest absolute Gasteiger partial charge is 0.479 e. The van der Waals surface area contributed by atoms with Gasteiger partial charge in [-0.2, -0.15) is 0 Å². The Morgan fingerprint density at radius 1 is 1.47 bits per heavy atom. The molecule has 1 aliphatic rings. The van der Waals surface area contributed by atoms with Crippen LogP contribution in [0.5, 0.6) is 0 Å². The number of hydrogen-bond acceptors (Lipinski definition) is 4. The van der Waals surface area contributed by atoms with Gasteiger partial charge in [0, 0.05) is 29.4 Å². The molecule has 0 radical (unpaired) electrons. The zero-order chi connectivity index (χ0) is 12.5. The predicted octanol–water partition coefficient (Wildman–Crippen LogP) is 1.47. The first kappa shape index (κ1) is 12.5. The summed E-state index contributed by atoms with van der Waals surface area (Å²) in [6.45, 7) is 4.21. The van der Waals surface area contributed by atoms with Gasteiger partial charge < -0.3 is 10.2 Å². The molecule has 0 spiro atoms. The molecule has 4 nitrogen and oxygen atoms in total. The molecule has 0 saturated carbocycles. The molecule has 17 heavy (non-hydrogen) atoms. The molecule has 0 unspecified atom stereocenters. The molecule has 0 atom stereocenters. The van der Waals surface area contributed by atoms with E-state index in [9.17, 15) is 9.90 Å². The summed E-state index contributed by atoms with van der Waals surface area (Å²) in [6.07, 6.45) is 0.624. The molecular formula is C12H17NO3S. The molecule has 2 heterocycles. The Morgan fingerprint density at radius 2 is 2.12 bits per heavy atom. The second kappa shape index (κ2) is 4.76. The van der Waals surface area contributed by atoms with Crippen LogP contribution in [0, 0.1) is 6.92 Å². The number of rotatable bonds is 3. The van der Waals surface area contributed by atoms with E-state index in [-0.39, 0.29) is 0 Å². The Hall–Kier alpha value is -0.910. The third-order valence-electron chi connectivity index (χ3n) is 3.26. The van der Waals surface area contributed by atoms with E-state index in [0.717, 1.165) is 6.54 Å². The van der Waals surface area contributed by atoms with Crippen molar-refractivity contribution in [3.8, 4) is 0 Å². The second-order valence-corrected chi connectivity index (χ2v) is 6.00. The monoisotopic (exact) mass is 255 g/mol. The highest BCUT2D eigenvalue weighted by Gasteiger charge is 2.39. The highest BCUT2D eigenvalue weighted by atomic mass is 32.1. The van der Waals surface area contributed by atoms with Crippen LogP contribution in [0.4, 0.5) is 0 Å². The van der Waals surface area contributed by atoms with Gasteiger partial charge in [-0.05, 0) is 31.9 Å². The van der Waals surface area contributed by atoms with Gasteiger partial charge in [0.2, 0.25) is 0 Å². The average molecular weight is 255 g/mol. The van der Waals surface area contributed by atoms with Crippen LogP contribution in [0.2, 0.25) is 0 Å². The molecule has 1 aliphatic heterocycles. The minimum atomic E-state index is -1.51. The van der Waals surface area contributed by atoms with Crippen molar-refractivity contribution in [3.05, 3.63) is 21.9 Å². The van der Waals surface area contributed by atoms with Crippen LogP contribution in [0.3, 0.4) is 0 Å². The summed E-state index contributed by atoms with van der Waals surface area (Å²) in [4.78, 5) is 15.7. The van der Waals surface area contributed by atoms with E-state index in [0.29, 0.717) is 25.9 Å². The number of nitrogens with zero attached hydrogens (tertiary/aromatic N) is 1. The van der Waals surface area contributed by atoms with E-state index in [2.05, 4.69) is 24.0 Å². The maximum Gasteiger partial charge on any atom is 0.335 e. The SMILES string of the molecule is Cc1ccc(CN2CCC(O)(C(=O)O)CC2)s1. The number of thiophene rings is 1. The van der Waals surface area contributed by atoms with Crippen molar-refractivity contribution in [2.45, 2.75) is 31.9 Å². The number of hydrogen-bond donors (Lipinski definition) is 2. The molecule has 2 N–H and O–H groups in total. The lowest BCUT2D eigenvalue weighted by Crippen LogP contribution is -2.48. The van der Waals surface area contributed by atoms with Gasteiger partial charge >= 0.3 is 5.97 Å². The number of aryl methyl sites for hydroxylation is 1. The van der Waals surface area contributed by atoms with E-state index in [1.165, 1.54) is 9.75 Å². The number of carbonyl (C=O) groups is 1. The van der Waals surface area contributed by atoms with Crippen LogP contribution < -0.4 is 0 Å². The Morgan fingerprint density at radius 3 is 2.59 bits per heavy atom. The molecule has 1 aromatic rings. The fourth-order valence-corrected chi connectivity index (χ4v) is 3.02. The second-order valence-electron chi connectivity index (χ2n) is 4.63. The lowest BCUT2D eigenvalue weighted by atomic mass is 9.92. The lowest BCUT2D eigenvalue weighted by molar-refractivity contribution is -0.163. The number of aliphatic carboxylic acids is 1. The molecule has 0 aromatic carbocycles. The number of carboxylic acid groups (broad SMARTS) is 1. The maximum atomic E-state index is 10.9. The summed E-state index contributed by atoms with van der Waals surface area (Å²) in [6, 6.07) is 4.20. The fraction of sp³-hybridized carbons (Fsp3) is 0.583. The third-order valence-corrected chi connectivity index (χ3v) is 4.24. The highest BCUT2D eigenvalue weighted by Crippen LogP contribution is 2.25. The molecule has 1 saturated heterocycles. The Balaban J connectivity index is 1.89. The molecule has 5 heteroatoms. The number of aliphatic hydroxyl groups is 1. The lowest BCUT2D eigenvalue weighted by Gasteiger charge is -2.35. The van der Waals surface area contributed by atoms with E-state index < -0.39 is 11.6 Å². The van der Waals surface area contributed by atoms with Crippen molar-refractivity contribution in [1.82, 2.24) is 4.90 Å². The minimum absolute atomic E-state index is 0.312.